The fourth-order valence-corrected chi connectivity index (χ4v) is 2.55. The number of hydrogen-bond acceptors (Lipinski definition) is 6. The molecule has 1 fully saturated rings. The third-order valence-corrected chi connectivity index (χ3v) is 3.93. The monoisotopic (exact) mass is 383 g/mol. The van der Waals surface area contributed by atoms with Crippen LogP contribution in [0.1, 0.15) is 5.56 Å². The van der Waals surface area contributed by atoms with E-state index in [9.17, 15) is 24.6 Å². The first-order valence-corrected chi connectivity index (χ1v) is 8.18. The molecule has 0 radical (unpaired) electrons. The van der Waals surface area contributed by atoms with Gasteiger partial charge in [-0.05, 0) is 48.0 Å². The van der Waals surface area contributed by atoms with Crippen LogP contribution in [0.25, 0.3) is 6.08 Å². The number of imide groups is 1. The van der Waals surface area contributed by atoms with Gasteiger partial charge in [0, 0.05) is 5.69 Å². The Morgan fingerprint density at radius 2 is 1.89 bits per heavy atom. The molecule has 0 aliphatic carbocycles. The topological polar surface area (TPSA) is 128 Å². The Morgan fingerprint density at radius 3 is 2.57 bits per heavy atom. The van der Waals surface area contributed by atoms with Gasteiger partial charge in [-0.3, -0.25) is 9.59 Å². The van der Waals surface area contributed by atoms with Gasteiger partial charge in [0.05, 0.1) is 7.11 Å². The summed E-state index contributed by atoms with van der Waals surface area (Å²) in [4.78, 5) is 37.4. The highest BCUT2D eigenvalue weighted by atomic mass is 16.5. The predicted octanol–water partition coefficient (Wildman–Crippen LogP) is 1.64. The van der Waals surface area contributed by atoms with Crippen molar-refractivity contribution in [2.75, 3.05) is 19.0 Å². The number of carbonyl (C=O) groups excluding carboxylic acids is 3. The minimum atomic E-state index is -0.720. The van der Waals surface area contributed by atoms with E-state index in [2.05, 4.69) is 10.6 Å². The van der Waals surface area contributed by atoms with Crippen LogP contribution in [-0.4, -0.2) is 46.6 Å². The van der Waals surface area contributed by atoms with E-state index in [1.165, 1.54) is 49.6 Å². The highest BCUT2D eigenvalue weighted by Gasteiger charge is 2.34. The van der Waals surface area contributed by atoms with E-state index in [1.807, 2.05) is 0 Å². The van der Waals surface area contributed by atoms with Gasteiger partial charge in [-0.1, -0.05) is 6.07 Å². The van der Waals surface area contributed by atoms with Crippen LogP contribution in [0.4, 0.5) is 10.5 Å². The third kappa shape index (κ3) is 4.04. The number of hydrogen-bond donors (Lipinski definition) is 4. The lowest BCUT2D eigenvalue weighted by molar-refractivity contribution is -0.127. The quantitative estimate of drug-likeness (QED) is 0.353. The van der Waals surface area contributed by atoms with Crippen LogP contribution in [0, 0.1) is 0 Å². The fourth-order valence-electron chi connectivity index (χ4n) is 2.55. The van der Waals surface area contributed by atoms with E-state index in [0.717, 1.165) is 4.90 Å². The van der Waals surface area contributed by atoms with E-state index < -0.39 is 24.4 Å². The maximum atomic E-state index is 12.5. The summed E-state index contributed by atoms with van der Waals surface area (Å²) >= 11 is 0. The number of benzene rings is 2. The molecule has 0 atom stereocenters. The number of rotatable bonds is 5. The Balaban J connectivity index is 1.70. The molecule has 0 spiro atoms. The molecule has 0 bridgehead atoms. The zero-order valence-electron chi connectivity index (χ0n) is 14.8. The van der Waals surface area contributed by atoms with Crippen molar-refractivity contribution in [3.8, 4) is 17.2 Å². The molecule has 1 aliphatic heterocycles. The summed E-state index contributed by atoms with van der Waals surface area (Å²) in [6, 6.07) is 9.50. The lowest BCUT2D eigenvalue weighted by Crippen LogP contribution is -2.38. The van der Waals surface area contributed by atoms with Gasteiger partial charge in [-0.2, -0.15) is 0 Å². The van der Waals surface area contributed by atoms with Crippen molar-refractivity contribution in [1.29, 1.82) is 0 Å². The number of nitrogens with one attached hydrogen (secondary N) is 2. The minimum absolute atomic E-state index is 0.00447. The van der Waals surface area contributed by atoms with Crippen molar-refractivity contribution in [3.63, 3.8) is 0 Å². The summed E-state index contributed by atoms with van der Waals surface area (Å²) in [5.41, 5.74) is 0.936. The maximum Gasteiger partial charge on any atom is 0.329 e. The van der Waals surface area contributed by atoms with Crippen LogP contribution < -0.4 is 15.4 Å². The summed E-state index contributed by atoms with van der Waals surface area (Å²) < 4.78 is 5.01. The van der Waals surface area contributed by atoms with Gasteiger partial charge < -0.3 is 25.6 Å². The van der Waals surface area contributed by atoms with Crippen molar-refractivity contribution < 1.29 is 29.3 Å². The van der Waals surface area contributed by atoms with Gasteiger partial charge in [0.1, 0.15) is 18.0 Å². The van der Waals surface area contributed by atoms with Crippen molar-refractivity contribution in [2.24, 2.45) is 0 Å². The second-order valence-electron chi connectivity index (χ2n) is 5.91. The van der Waals surface area contributed by atoms with Gasteiger partial charge in [0.25, 0.3) is 5.91 Å². The van der Waals surface area contributed by atoms with E-state index in [0.29, 0.717) is 11.3 Å². The Hall–Kier alpha value is -4.01. The van der Waals surface area contributed by atoms with Crippen LogP contribution in [0.2, 0.25) is 0 Å². The number of amides is 4. The first-order valence-electron chi connectivity index (χ1n) is 8.18. The van der Waals surface area contributed by atoms with Crippen molar-refractivity contribution in [3.05, 3.63) is 53.7 Å². The number of aromatic hydroxyl groups is 2. The minimum Gasteiger partial charge on any atom is -0.508 e. The average molecular weight is 383 g/mol. The molecule has 3 rings (SSSR count). The standard InChI is InChI=1S/C19H17N3O6/c1-28-16-9-11(2-7-15(16)24)8-14-18(26)22(19(27)21-14)10-17(25)20-12-3-5-13(23)6-4-12/h2-9,23-24H,10H2,1H3,(H,20,25)(H,21,27)/b14-8-. The number of methoxy groups -OCH3 is 1. The normalized spacial score (nSPS) is 14.9. The molecule has 0 unspecified atom stereocenters. The molecule has 2 aromatic rings. The number of anilines is 1. The largest absolute Gasteiger partial charge is 0.508 e. The first-order chi connectivity index (χ1) is 13.4. The Labute approximate surface area is 159 Å². The molecule has 1 saturated heterocycles. The number of urea groups is 1. The van der Waals surface area contributed by atoms with Crippen molar-refractivity contribution >= 4 is 29.6 Å². The molecule has 1 aliphatic rings. The molecule has 28 heavy (non-hydrogen) atoms. The van der Waals surface area contributed by atoms with Crippen LogP contribution in [0.5, 0.6) is 17.2 Å². The van der Waals surface area contributed by atoms with Gasteiger partial charge in [-0.25, -0.2) is 9.69 Å². The SMILES string of the molecule is COc1cc(/C=C2\NC(=O)N(CC(=O)Nc3ccc(O)cc3)C2=O)ccc1O. The summed E-state index contributed by atoms with van der Waals surface area (Å²) in [5, 5.41) is 23.8. The molecule has 9 heteroatoms. The lowest BCUT2D eigenvalue weighted by atomic mass is 10.1. The summed E-state index contributed by atoms with van der Waals surface area (Å²) in [6.07, 6.45) is 1.42. The summed E-state index contributed by atoms with van der Waals surface area (Å²) in [5.74, 6) is -1.01. The highest BCUT2D eigenvalue weighted by molar-refractivity contribution is 6.15. The number of phenols is 2. The molecule has 0 aromatic heterocycles. The smallest absolute Gasteiger partial charge is 0.329 e. The molecule has 1 heterocycles. The van der Waals surface area contributed by atoms with Crippen LogP contribution in [0.15, 0.2) is 48.2 Å². The van der Waals surface area contributed by atoms with Crippen LogP contribution in [0.3, 0.4) is 0 Å². The number of ether oxygens (including phenoxy) is 1. The van der Waals surface area contributed by atoms with Crippen molar-refractivity contribution in [1.82, 2.24) is 10.2 Å². The van der Waals surface area contributed by atoms with Gasteiger partial charge in [0.15, 0.2) is 11.5 Å². The second kappa shape index (κ2) is 7.70. The average Bonchev–Trinajstić information content (AvgIpc) is 2.92. The van der Waals surface area contributed by atoms with E-state index >= 15 is 0 Å². The Kier molecular flexibility index (Phi) is 5.16. The lowest BCUT2D eigenvalue weighted by Gasteiger charge is -2.12. The fraction of sp³-hybridized carbons (Fsp3) is 0.105. The van der Waals surface area contributed by atoms with Gasteiger partial charge >= 0.3 is 6.03 Å². The second-order valence-corrected chi connectivity index (χ2v) is 5.91. The zero-order chi connectivity index (χ0) is 20.3. The number of nitrogens with zero attached hydrogens (tertiary/aromatic N) is 1. The molecule has 2 aromatic carbocycles. The third-order valence-electron chi connectivity index (χ3n) is 3.93. The summed E-state index contributed by atoms with van der Waals surface area (Å²) in [7, 11) is 1.39. The van der Waals surface area contributed by atoms with E-state index in [4.69, 9.17) is 4.74 Å². The Bertz CT molecular complexity index is 968. The van der Waals surface area contributed by atoms with Crippen molar-refractivity contribution in [2.45, 2.75) is 0 Å². The predicted molar refractivity (Wildman–Crippen MR) is 99.6 cm³/mol. The molecule has 9 nitrogen and oxygen atoms in total. The van der Waals surface area contributed by atoms with Gasteiger partial charge in [0.2, 0.25) is 5.91 Å². The molecular formula is C19H17N3O6. The molecule has 0 saturated carbocycles. The molecule has 144 valence electrons. The number of carbonyl (C=O) groups is 3. The Morgan fingerprint density at radius 1 is 1.18 bits per heavy atom. The molecule has 4 amide bonds. The maximum absolute atomic E-state index is 12.5. The van der Waals surface area contributed by atoms with E-state index in [-0.39, 0.29) is 22.9 Å². The van der Waals surface area contributed by atoms with Crippen LogP contribution in [-0.2, 0) is 9.59 Å². The first kappa shape index (κ1) is 18.8. The zero-order valence-corrected chi connectivity index (χ0v) is 14.8. The molecule has 4 N–H and O–H groups in total. The highest BCUT2D eigenvalue weighted by Crippen LogP contribution is 2.27. The summed E-state index contributed by atoms with van der Waals surface area (Å²) in [6.45, 7) is -0.470. The van der Waals surface area contributed by atoms with Gasteiger partial charge in [-0.15, -0.1) is 0 Å². The molecular weight excluding hydrogens is 366 g/mol. The van der Waals surface area contributed by atoms with Crippen LogP contribution >= 0.6 is 0 Å². The van der Waals surface area contributed by atoms with E-state index in [1.54, 1.807) is 6.07 Å². The number of phenolic OH excluding ortho intramolecular Hbond substituents is 2.